The quantitative estimate of drug-likeness (QED) is 0.530. The molecule has 0 bridgehead atoms. The van der Waals surface area contributed by atoms with Gasteiger partial charge in [-0.05, 0) is 50.4 Å². The maximum absolute atomic E-state index is 13.3. The van der Waals surface area contributed by atoms with E-state index in [0.29, 0.717) is 16.5 Å². The van der Waals surface area contributed by atoms with E-state index in [0.717, 1.165) is 66.1 Å². The van der Waals surface area contributed by atoms with Crippen LogP contribution in [0.25, 0.3) is 10.2 Å². The van der Waals surface area contributed by atoms with Crippen LogP contribution in [-0.2, 0) is 0 Å². The molecule has 0 aromatic carbocycles. The van der Waals surface area contributed by atoms with E-state index in [9.17, 15) is 9.59 Å². The minimum absolute atomic E-state index is 0.0951. The van der Waals surface area contributed by atoms with E-state index in [1.165, 1.54) is 24.2 Å². The molecule has 1 atom stereocenters. The molecule has 1 saturated carbocycles. The fourth-order valence-corrected chi connectivity index (χ4v) is 6.27. The number of anilines is 3. The van der Waals surface area contributed by atoms with Crippen molar-refractivity contribution in [1.82, 2.24) is 20.6 Å². The smallest absolute Gasteiger partial charge is 0.331 e. The molecule has 3 aromatic rings. The van der Waals surface area contributed by atoms with Crippen LogP contribution >= 0.6 is 11.3 Å². The molecule has 0 spiro atoms. The average Bonchev–Trinajstić information content (AvgIpc) is 3.50. The normalized spacial score (nSPS) is 20.8. The molecule has 6 rings (SSSR count). The SMILES string of the molecule is O=C(N[C@@H]1CCCNC1)c1sc2nccc3c2c1NC(=O)N3c1ccnc(C2CCCC2)c1. The van der Waals surface area contributed by atoms with Gasteiger partial charge in [0.05, 0.1) is 22.4 Å². The van der Waals surface area contributed by atoms with Crippen molar-refractivity contribution in [2.45, 2.75) is 50.5 Å². The van der Waals surface area contributed by atoms with Crippen LogP contribution in [0.2, 0.25) is 0 Å². The fraction of sp³-hybridized carbons (Fsp3) is 0.417. The van der Waals surface area contributed by atoms with Gasteiger partial charge in [0.1, 0.15) is 9.71 Å². The van der Waals surface area contributed by atoms with Gasteiger partial charge < -0.3 is 16.0 Å². The third kappa shape index (κ3) is 3.65. The summed E-state index contributed by atoms with van der Waals surface area (Å²) in [6, 6.07) is 5.57. The molecule has 3 amide bonds. The highest BCUT2D eigenvalue weighted by Crippen LogP contribution is 2.46. The van der Waals surface area contributed by atoms with Crippen molar-refractivity contribution >= 4 is 50.6 Å². The molecule has 0 unspecified atom stereocenters. The molecule has 2 fully saturated rings. The van der Waals surface area contributed by atoms with Gasteiger partial charge in [0, 0.05) is 36.6 Å². The van der Waals surface area contributed by atoms with Crippen LogP contribution in [0.3, 0.4) is 0 Å². The Hall–Kier alpha value is -3.04. The second-order valence-electron chi connectivity index (χ2n) is 9.02. The molecule has 1 aliphatic carbocycles. The van der Waals surface area contributed by atoms with Gasteiger partial charge in [-0.25, -0.2) is 9.78 Å². The lowest BCUT2D eigenvalue weighted by Gasteiger charge is -2.29. The predicted octanol–water partition coefficient (Wildman–Crippen LogP) is 4.51. The first-order valence-electron chi connectivity index (χ1n) is 11.7. The van der Waals surface area contributed by atoms with Gasteiger partial charge in [-0.1, -0.05) is 12.8 Å². The number of hydrogen-bond acceptors (Lipinski definition) is 6. The molecule has 33 heavy (non-hydrogen) atoms. The predicted molar refractivity (Wildman–Crippen MR) is 130 cm³/mol. The summed E-state index contributed by atoms with van der Waals surface area (Å²) < 4.78 is 0. The summed E-state index contributed by atoms with van der Waals surface area (Å²) in [6.07, 6.45) is 10.2. The summed E-state index contributed by atoms with van der Waals surface area (Å²) in [5.74, 6) is 0.297. The largest absolute Gasteiger partial charge is 0.347 e. The molecular weight excluding hydrogens is 436 g/mol. The Balaban J connectivity index is 1.38. The summed E-state index contributed by atoms with van der Waals surface area (Å²) in [6.45, 7) is 1.75. The zero-order valence-corrected chi connectivity index (χ0v) is 19.1. The lowest BCUT2D eigenvalue weighted by atomic mass is 10.0. The first-order valence-corrected chi connectivity index (χ1v) is 12.5. The van der Waals surface area contributed by atoms with Crippen LogP contribution in [0.4, 0.5) is 21.9 Å². The number of aromatic nitrogens is 2. The van der Waals surface area contributed by atoms with E-state index >= 15 is 0 Å². The Labute approximate surface area is 195 Å². The standard InChI is InChI=1S/C24H26N6O2S/c31-22(28-15-6-3-9-25-13-15)21-20-19-18(8-11-27-23(19)33-21)30(24(32)29-20)16-7-10-26-17(12-16)14-4-1-2-5-14/h7-8,10-12,14-15,25H,1-6,9,13H2,(H,28,31)(H,29,32)/t15-/m1/s1. The molecule has 0 radical (unpaired) electrons. The Kier molecular flexibility index (Phi) is 5.22. The average molecular weight is 463 g/mol. The minimum atomic E-state index is -0.273. The highest BCUT2D eigenvalue weighted by Gasteiger charge is 2.33. The van der Waals surface area contributed by atoms with Gasteiger partial charge in [-0.2, -0.15) is 0 Å². The van der Waals surface area contributed by atoms with Crippen molar-refractivity contribution in [2.75, 3.05) is 23.3 Å². The third-order valence-corrected chi connectivity index (χ3v) is 7.98. The first kappa shape index (κ1) is 20.6. The minimum Gasteiger partial charge on any atom is -0.347 e. The van der Waals surface area contributed by atoms with Crippen LogP contribution in [-0.4, -0.2) is 41.0 Å². The highest BCUT2D eigenvalue weighted by atomic mass is 32.1. The van der Waals surface area contributed by atoms with Crippen LogP contribution in [0.1, 0.15) is 59.8 Å². The van der Waals surface area contributed by atoms with E-state index in [-0.39, 0.29) is 18.0 Å². The van der Waals surface area contributed by atoms with Crippen LogP contribution in [0.5, 0.6) is 0 Å². The van der Waals surface area contributed by atoms with Crippen molar-refractivity contribution in [1.29, 1.82) is 0 Å². The monoisotopic (exact) mass is 462 g/mol. The van der Waals surface area contributed by atoms with E-state index in [1.54, 1.807) is 17.3 Å². The number of amides is 3. The summed E-state index contributed by atoms with van der Waals surface area (Å²) in [5, 5.41) is 10.2. The Bertz CT molecular complexity index is 1230. The topological polar surface area (TPSA) is 99.2 Å². The number of nitrogens with one attached hydrogen (secondary N) is 3. The van der Waals surface area contributed by atoms with Crippen LogP contribution in [0.15, 0.2) is 30.6 Å². The van der Waals surface area contributed by atoms with Crippen molar-refractivity contribution in [3.63, 3.8) is 0 Å². The Morgan fingerprint density at radius 1 is 1.12 bits per heavy atom. The van der Waals surface area contributed by atoms with Gasteiger partial charge in [0.25, 0.3) is 5.91 Å². The van der Waals surface area contributed by atoms with Crippen molar-refractivity contribution in [3.05, 3.63) is 41.2 Å². The third-order valence-electron chi connectivity index (χ3n) is 6.88. The lowest BCUT2D eigenvalue weighted by molar-refractivity contribution is 0.0935. The molecule has 1 saturated heterocycles. The van der Waals surface area contributed by atoms with Crippen molar-refractivity contribution in [2.24, 2.45) is 0 Å². The van der Waals surface area contributed by atoms with E-state index < -0.39 is 0 Å². The van der Waals surface area contributed by atoms with Gasteiger partial charge >= 0.3 is 6.03 Å². The summed E-state index contributed by atoms with van der Waals surface area (Å²) in [5.41, 5.74) is 3.14. The molecule has 8 nitrogen and oxygen atoms in total. The van der Waals surface area contributed by atoms with Crippen LogP contribution in [0, 0.1) is 0 Å². The number of pyridine rings is 2. The summed E-state index contributed by atoms with van der Waals surface area (Å²) in [7, 11) is 0. The molecule has 170 valence electrons. The van der Waals surface area contributed by atoms with Gasteiger partial charge in [-0.15, -0.1) is 11.3 Å². The number of thiophene rings is 1. The molecule has 9 heteroatoms. The second-order valence-corrected chi connectivity index (χ2v) is 10.0. The number of carbonyl (C=O) groups excluding carboxylic acids is 2. The van der Waals surface area contributed by atoms with Gasteiger partial charge in [-0.3, -0.25) is 14.7 Å². The van der Waals surface area contributed by atoms with Crippen molar-refractivity contribution in [3.8, 4) is 0 Å². The number of hydrogen-bond donors (Lipinski definition) is 3. The van der Waals surface area contributed by atoms with Gasteiger partial charge in [0.15, 0.2) is 0 Å². The van der Waals surface area contributed by atoms with E-state index in [2.05, 4.69) is 25.9 Å². The second kappa shape index (κ2) is 8.39. The van der Waals surface area contributed by atoms with Gasteiger partial charge in [0.2, 0.25) is 0 Å². The molecule has 3 aromatic heterocycles. The summed E-state index contributed by atoms with van der Waals surface area (Å²) in [4.78, 5) is 38.5. The molecule has 3 N–H and O–H groups in total. The fourth-order valence-electron chi connectivity index (χ4n) is 5.25. The number of piperidine rings is 1. The summed E-state index contributed by atoms with van der Waals surface area (Å²) >= 11 is 1.32. The Morgan fingerprint density at radius 2 is 1.97 bits per heavy atom. The van der Waals surface area contributed by atoms with Crippen LogP contribution < -0.4 is 20.9 Å². The number of nitrogens with zero attached hydrogens (tertiary/aromatic N) is 3. The maximum Gasteiger partial charge on any atom is 0.331 e. The van der Waals surface area contributed by atoms with E-state index in [4.69, 9.17) is 0 Å². The van der Waals surface area contributed by atoms with E-state index in [1.807, 2.05) is 18.2 Å². The zero-order chi connectivity index (χ0) is 22.4. The number of carbonyl (C=O) groups is 2. The lowest BCUT2D eigenvalue weighted by Crippen LogP contribution is -2.45. The first-order chi connectivity index (χ1) is 16.2. The number of urea groups is 1. The highest BCUT2D eigenvalue weighted by molar-refractivity contribution is 7.21. The number of rotatable bonds is 4. The molecule has 3 aliphatic rings. The Morgan fingerprint density at radius 3 is 2.79 bits per heavy atom. The molecular formula is C24H26N6O2S. The zero-order valence-electron chi connectivity index (χ0n) is 18.3. The maximum atomic E-state index is 13.3. The molecule has 5 heterocycles. The van der Waals surface area contributed by atoms with Crippen molar-refractivity contribution < 1.29 is 9.59 Å². The molecule has 2 aliphatic heterocycles.